The number of anilines is 1. The van der Waals surface area contributed by atoms with Crippen LogP contribution in [0.1, 0.15) is 52.1 Å². The molecular weight excluding hydrogens is 564 g/mol. The Morgan fingerprint density at radius 2 is 1.71 bits per heavy atom. The smallest absolute Gasteiger partial charge is 0.332 e. The first-order valence-corrected chi connectivity index (χ1v) is 15.3. The summed E-state index contributed by atoms with van der Waals surface area (Å²) in [4.78, 5) is 48.7. The highest BCUT2D eigenvalue weighted by Gasteiger charge is 2.53. The zero-order valence-electron chi connectivity index (χ0n) is 25.2. The predicted octanol–water partition coefficient (Wildman–Crippen LogP) is 6.41. The maximum Gasteiger partial charge on any atom is 0.332 e. The quantitative estimate of drug-likeness (QED) is 0.202. The van der Waals surface area contributed by atoms with Crippen molar-refractivity contribution in [3.8, 4) is 5.75 Å². The van der Waals surface area contributed by atoms with Gasteiger partial charge in [-0.2, -0.15) is 0 Å². The van der Waals surface area contributed by atoms with E-state index in [4.69, 9.17) is 4.74 Å². The van der Waals surface area contributed by atoms with Crippen LogP contribution in [0.3, 0.4) is 0 Å². The number of H-pyrrole nitrogens is 1. The van der Waals surface area contributed by atoms with Crippen LogP contribution in [-0.4, -0.2) is 46.9 Å². The first-order valence-electron chi connectivity index (χ1n) is 15.3. The van der Waals surface area contributed by atoms with E-state index < -0.39 is 18.1 Å². The van der Waals surface area contributed by atoms with E-state index in [-0.39, 0.29) is 29.1 Å². The van der Waals surface area contributed by atoms with Crippen LogP contribution in [0.4, 0.5) is 10.5 Å². The largest absolute Gasteiger partial charge is 0.497 e. The highest BCUT2D eigenvalue weighted by molar-refractivity contribution is 6.24. The van der Waals surface area contributed by atoms with Crippen molar-refractivity contribution >= 4 is 34.4 Å². The van der Waals surface area contributed by atoms with E-state index in [1.165, 1.54) is 10.5 Å². The average molecular weight is 599 g/mol. The number of nitrogens with one attached hydrogen (secondary N) is 2. The van der Waals surface area contributed by atoms with Gasteiger partial charge in [-0.3, -0.25) is 14.5 Å². The number of imide groups is 1. The van der Waals surface area contributed by atoms with Crippen molar-refractivity contribution < 1.29 is 19.1 Å². The average Bonchev–Trinajstić information content (AvgIpc) is 3.57. The van der Waals surface area contributed by atoms with Gasteiger partial charge in [-0.25, -0.2) is 9.69 Å². The summed E-state index contributed by atoms with van der Waals surface area (Å²) in [5, 5.41) is 4.11. The zero-order chi connectivity index (χ0) is 31.1. The van der Waals surface area contributed by atoms with Crippen LogP contribution in [0.15, 0.2) is 103 Å². The van der Waals surface area contributed by atoms with Gasteiger partial charge in [0.15, 0.2) is 0 Å². The van der Waals surface area contributed by atoms with Gasteiger partial charge in [0.25, 0.3) is 11.8 Å². The number of aromatic amines is 1. The fourth-order valence-corrected chi connectivity index (χ4v) is 6.72. The second-order valence-corrected chi connectivity index (χ2v) is 11.7. The molecule has 0 spiro atoms. The zero-order valence-corrected chi connectivity index (χ0v) is 25.2. The molecule has 1 fully saturated rings. The maximum absolute atomic E-state index is 14.4. The summed E-state index contributed by atoms with van der Waals surface area (Å²) in [6.07, 6.45) is 1.94. The van der Waals surface area contributed by atoms with Crippen molar-refractivity contribution in [3.05, 3.63) is 131 Å². The Bertz CT molecular complexity index is 1920. The Balaban J connectivity index is 1.23. The molecule has 8 heteroatoms. The number of urea groups is 1. The first kappa shape index (κ1) is 28.4. The van der Waals surface area contributed by atoms with Gasteiger partial charge in [0.1, 0.15) is 17.8 Å². The van der Waals surface area contributed by atoms with Gasteiger partial charge in [0.2, 0.25) is 0 Å². The van der Waals surface area contributed by atoms with Crippen molar-refractivity contribution in [2.24, 2.45) is 0 Å². The minimum atomic E-state index is -0.735. The molecule has 7 rings (SSSR count). The molecule has 1 aromatic heterocycles. The summed E-state index contributed by atoms with van der Waals surface area (Å²) in [7, 11) is 1.61. The number of fused-ring (bicyclic) bond motifs is 4. The third-order valence-electron chi connectivity index (χ3n) is 8.93. The highest BCUT2D eigenvalue weighted by Crippen LogP contribution is 2.45. The maximum atomic E-state index is 14.4. The molecule has 2 aliphatic heterocycles. The molecule has 4 aromatic carbocycles. The van der Waals surface area contributed by atoms with Gasteiger partial charge in [-0.15, -0.1) is 0 Å². The second-order valence-electron chi connectivity index (χ2n) is 11.7. The number of rotatable bonds is 8. The molecule has 8 nitrogen and oxygen atoms in total. The first-order chi connectivity index (χ1) is 21.9. The fourth-order valence-electron chi connectivity index (χ4n) is 6.72. The van der Waals surface area contributed by atoms with E-state index in [9.17, 15) is 14.4 Å². The molecule has 0 saturated carbocycles. The molecule has 2 aliphatic rings. The SMILES string of the molecule is COc1cccc(C2c3[nH]c4ccccc4c3C[C@H]3C(=O)N(c4ccccc4C(=O)NC(C)CCc4ccccc4)C(=O)N23)c1. The lowest BCUT2D eigenvalue weighted by atomic mass is 9.89. The summed E-state index contributed by atoms with van der Waals surface area (Å²) in [6.45, 7) is 1.96. The van der Waals surface area contributed by atoms with Crippen LogP contribution in [0.2, 0.25) is 0 Å². The summed E-state index contributed by atoms with van der Waals surface area (Å²) in [6, 6.07) is 30.7. The van der Waals surface area contributed by atoms with Crippen molar-refractivity contribution in [1.82, 2.24) is 15.2 Å². The topological polar surface area (TPSA) is 94.7 Å². The standard InChI is InChI=1S/C37H34N4O4/c1-23(19-20-24-11-4-3-5-12-24)38-35(42)28-16-7-9-18-31(28)41-36(43)32-22-29-27-15-6-8-17-30(27)39-33(29)34(40(32)37(41)44)25-13-10-14-26(21-25)45-2/h3-18,21,23,32,34,39H,19-20,22H2,1-2H3,(H,38,42)/t23?,32-,34?/m0/s1. The third kappa shape index (κ3) is 5.02. The Labute approximate surface area is 261 Å². The highest BCUT2D eigenvalue weighted by atomic mass is 16.5. The fraction of sp³-hybridized carbons (Fsp3) is 0.216. The molecule has 3 heterocycles. The van der Waals surface area contributed by atoms with Crippen molar-refractivity contribution in [1.29, 1.82) is 0 Å². The molecule has 3 atom stereocenters. The number of carbonyl (C=O) groups excluding carboxylic acids is 3. The molecule has 0 radical (unpaired) electrons. The molecule has 5 aromatic rings. The van der Waals surface area contributed by atoms with Crippen molar-refractivity contribution in [2.75, 3.05) is 12.0 Å². The Hall–Kier alpha value is -5.37. The lowest BCUT2D eigenvalue weighted by Gasteiger charge is -2.36. The number of para-hydroxylation sites is 2. The summed E-state index contributed by atoms with van der Waals surface area (Å²) >= 11 is 0. The van der Waals surface area contributed by atoms with E-state index in [0.29, 0.717) is 12.2 Å². The van der Waals surface area contributed by atoms with E-state index in [1.54, 1.807) is 36.3 Å². The number of carbonyl (C=O) groups is 3. The molecule has 2 N–H and O–H groups in total. The summed E-state index contributed by atoms with van der Waals surface area (Å²) in [5.41, 5.74) is 5.44. The number of methoxy groups -OCH3 is 1. The van der Waals surface area contributed by atoms with Gasteiger partial charge in [0, 0.05) is 29.1 Å². The monoisotopic (exact) mass is 598 g/mol. The van der Waals surface area contributed by atoms with Gasteiger partial charge in [0.05, 0.1) is 18.4 Å². The second kappa shape index (κ2) is 11.6. The number of nitrogens with zero attached hydrogens (tertiary/aromatic N) is 2. The number of ether oxygens (including phenoxy) is 1. The molecule has 45 heavy (non-hydrogen) atoms. The van der Waals surface area contributed by atoms with Gasteiger partial charge >= 0.3 is 6.03 Å². The lowest BCUT2D eigenvalue weighted by Crippen LogP contribution is -2.44. The molecule has 226 valence electrons. The number of hydrogen-bond acceptors (Lipinski definition) is 4. The number of aromatic nitrogens is 1. The minimum Gasteiger partial charge on any atom is -0.497 e. The van der Waals surface area contributed by atoms with Gasteiger partial charge in [-0.05, 0) is 66.8 Å². The number of benzene rings is 4. The molecule has 2 unspecified atom stereocenters. The van der Waals surface area contributed by atoms with E-state index >= 15 is 0 Å². The molecule has 1 saturated heterocycles. The summed E-state index contributed by atoms with van der Waals surface area (Å²) in [5.74, 6) is -0.0103. The minimum absolute atomic E-state index is 0.113. The molecule has 0 aliphatic carbocycles. The van der Waals surface area contributed by atoms with Crippen LogP contribution >= 0.6 is 0 Å². The Morgan fingerprint density at radius 1 is 0.956 bits per heavy atom. The van der Waals surface area contributed by atoms with Crippen molar-refractivity contribution in [2.45, 2.75) is 44.3 Å². The van der Waals surface area contributed by atoms with Crippen LogP contribution in [-0.2, 0) is 17.6 Å². The Kier molecular flexibility index (Phi) is 7.33. The number of hydrogen-bond donors (Lipinski definition) is 2. The molecule has 0 bridgehead atoms. The van der Waals surface area contributed by atoms with E-state index in [0.717, 1.165) is 40.6 Å². The van der Waals surface area contributed by atoms with Crippen LogP contribution in [0, 0.1) is 0 Å². The van der Waals surface area contributed by atoms with Crippen LogP contribution < -0.4 is 15.0 Å². The third-order valence-corrected chi connectivity index (χ3v) is 8.93. The van der Waals surface area contributed by atoms with Gasteiger partial charge in [-0.1, -0.05) is 72.8 Å². The van der Waals surface area contributed by atoms with Crippen molar-refractivity contribution in [3.63, 3.8) is 0 Å². The number of aryl methyl sites for hydroxylation is 1. The lowest BCUT2D eigenvalue weighted by molar-refractivity contribution is -0.120. The number of amides is 4. The van der Waals surface area contributed by atoms with Gasteiger partial charge < -0.3 is 15.0 Å². The van der Waals surface area contributed by atoms with E-state index in [1.807, 2.05) is 73.7 Å². The molecular formula is C37H34N4O4. The Morgan fingerprint density at radius 3 is 2.53 bits per heavy atom. The molecule has 4 amide bonds. The predicted molar refractivity (Wildman–Crippen MR) is 173 cm³/mol. The normalized spacial score (nSPS) is 18.1. The summed E-state index contributed by atoms with van der Waals surface area (Å²) < 4.78 is 5.52. The van der Waals surface area contributed by atoms with Crippen LogP contribution in [0.25, 0.3) is 10.9 Å². The van der Waals surface area contributed by atoms with Crippen LogP contribution in [0.5, 0.6) is 5.75 Å². The van der Waals surface area contributed by atoms with E-state index in [2.05, 4.69) is 22.4 Å².